The Morgan fingerprint density at radius 1 is 1.40 bits per heavy atom. The molecule has 2 unspecified atom stereocenters. The Kier molecular flexibility index (Phi) is 7.74. The molecular formula is C20H25N7O3. The molecule has 2 aromatic rings. The van der Waals surface area contributed by atoms with Gasteiger partial charge in [0.1, 0.15) is 13.2 Å². The number of hydrogen-bond acceptors (Lipinski definition) is 8. The number of benzene rings is 1. The van der Waals surface area contributed by atoms with E-state index in [1.165, 1.54) is 0 Å². The minimum Gasteiger partial charge on any atom is -0.449 e. The molecule has 1 aliphatic rings. The van der Waals surface area contributed by atoms with Gasteiger partial charge in [0.15, 0.2) is 5.71 Å². The average molecular weight is 411 g/mol. The van der Waals surface area contributed by atoms with Crippen molar-refractivity contribution in [2.75, 3.05) is 13.2 Å². The number of nitrogens with zero attached hydrogens (tertiary/aromatic N) is 5. The van der Waals surface area contributed by atoms with Crippen LogP contribution in [0, 0.1) is 12.3 Å². The molecule has 1 saturated heterocycles. The summed E-state index contributed by atoms with van der Waals surface area (Å²) in [7, 11) is 1.75. The number of ether oxygens (including phenoxy) is 1. The highest BCUT2D eigenvalue weighted by molar-refractivity contribution is 6.10. The van der Waals surface area contributed by atoms with Crippen molar-refractivity contribution in [3.05, 3.63) is 41.7 Å². The van der Waals surface area contributed by atoms with Crippen LogP contribution in [0.15, 0.2) is 35.5 Å². The van der Waals surface area contributed by atoms with Gasteiger partial charge in [-0.15, -0.1) is 17.4 Å². The fraction of sp³-hybridized carbons (Fsp3) is 0.450. The lowest BCUT2D eigenvalue weighted by Crippen LogP contribution is -2.53. The number of aromatic nitrogens is 4. The second-order valence-electron chi connectivity index (χ2n) is 6.81. The third kappa shape index (κ3) is 6.02. The zero-order chi connectivity index (χ0) is 21.2. The molecule has 1 aromatic carbocycles. The van der Waals surface area contributed by atoms with Gasteiger partial charge in [0.2, 0.25) is 5.82 Å². The number of terminal acetylenes is 1. The molecule has 10 heteroatoms. The van der Waals surface area contributed by atoms with E-state index >= 15 is 0 Å². The van der Waals surface area contributed by atoms with Gasteiger partial charge in [-0.1, -0.05) is 35.5 Å². The molecule has 30 heavy (non-hydrogen) atoms. The van der Waals surface area contributed by atoms with Gasteiger partial charge in [-0.3, -0.25) is 5.32 Å². The Hall–Kier alpha value is -3.45. The molecule has 10 nitrogen and oxygen atoms in total. The van der Waals surface area contributed by atoms with Crippen LogP contribution in [0.1, 0.15) is 37.1 Å². The van der Waals surface area contributed by atoms with Gasteiger partial charge < -0.3 is 14.9 Å². The zero-order valence-corrected chi connectivity index (χ0v) is 16.8. The monoisotopic (exact) mass is 411 g/mol. The van der Waals surface area contributed by atoms with Crippen LogP contribution in [-0.4, -0.2) is 57.4 Å². The molecule has 0 bridgehead atoms. The van der Waals surface area contributed by atoms with Crippen molar-refractivity contribution in [2.24, 2.45) is 12.2 Å². The quantitative estimate of drug-likeness (QED) is 0.290. The highest BCUT2D eigenvalue weighted by atomic mass is 16.6. The maximum Gasteiger partial charge on any atom is 0.408 e. The lowest BCUT2D eigenvalue weighted by atomic mass is 10.0. The van der Waals surface area contributed by atoms with Gasteiger partial charge in [-0.25, -0.2) is 9.48 Å². The van der Waals surface area contributed by atoms with Crippen LogP contribution in [0.2, 0.25) is 0 Å². The number of carbonyl (C=O) groups excluding carboxylic acids is 1. The first-order chi connectivity index (χ1) is 14.7. The molecule has 2 atom stereocenters. The van der Waals surface area contributed by atoms with Crippen molar-refractivity contribution in [2.45, 2.75) is 37.9 Å². The summed E-state index contributed by atoms with van der Waals surface area (Å²) in [5, 5.41) is 22.0. The van der Waals surface area contributed by atoms with Crippen LogP contribution in [0.4, 0.5) is 4.79 Å². The Bertz CT molecular complexity index is 891. The van der Waals surface area contributed by atoms with Crippen LogP contribution in [0.5, 0.6) is 0 Å². The number of oxime groups is 1. The van der Waals surface area contributed by atoms with Gasteiger partial charge >= 0.3 is 6.09 Å². The van der Waals surface area contributed by atoms with Crippen LogP contribution in [0.25, 0.3) is 0 Å². The third-order valence-corrected chi connectivity index (χ3v) is 4.56. The predicted octanol–water partition coefficient (Wildman–Crippen LogP) is 1.20. The number of carbonyl (C=O) groups is 1. The summed E-state index contributed by atoms with van der Waals surface area (Å²) < 4.78 is 6.57. The molecule has 0 saturated carbocycles. The molecule has 0 radical (unpaired) electrons. The van der Waals surface area contributed by atoms with Gasteiger partial charge in [-0.05, 0) is 29.7 Å². The maximum atomic E-state index is 11.8. The molecule has 1 aromatic heterocycles. The minimum absolute atomic E-state index is 0.0353. The van der Waals surface area contributed by atoms with E-state index in [1.54, 1.807) is 11.7 Å². The minimum atomic E-state index is -0.483. The van der Waals surface area contributed by atoms with Gasteiger partial charge in [0.05, 0.1) is 6.17 Å². The number of amides is 1. The van der Waals surface area contributed by atoms with Gasteiger partial charge in [0.25, 0.3) is 0 Å². The SMILES string of the molecule is C#CCCOC(=O)NC1CCCC(CON=C(c2ccccc2)c2nnnn2C)N1. The normalized spacial score (nSPS) is 19.0. The average Bonchev–Trinajstić information content (AvgIpc) is 3.18. The van der Waals surface area contributed by atoms with Crippen molar-refractivity contribution >= 4 is 11.8 Å². The Labute approximate surface area is 175 Å². The number of rotatable bonds is 8. The van der Waals surface area contributed by atoms with E-state index in [0.717, 1.165) is 24.8 Å². The summed E-state index contributed by atoms with van der Waals surface area (Å²) in [6, 6.07) is 9.62. The van der Waals surface area contributed by atoms with Gasteiger partial charge in [0, 0.05) is 25.1 Å². The molecule has 2 heterocycles. The van der Waals surface area contributed by atoms with Crippen molar-refractivity contribution in [1.29, 1.82) is 0 Å². The third-order valence-electron chi connectivity index (χ3n) is 4.56. The van der Waals surface area contributed by atoms with Crippen molar-refractivity contribution < 1.29 is 14.4 Å². The van der Waals surface area contributed by atoms with E-state index in [2.05, 4.69) is 37.2 Å². The summed E-state index contributed by atoms with van der Waals surface area (Å²) >= 11 is 0. The van der Waals surface area contributed by atoms with E-state index in [1.807, 2.05) is 30.3 Å². The zero-order valence-electron chi connectivity index (χ0n) is 16.8. The summed E-state index contributed by atoms with van der Waals surface area (Å²) in [5.74, 6) is 2.93. The molecular weight excluding hydrogens is 386 g/mol. The largest absolute Gasteiger partial charge is 0.449 e. The van der Waals surface area contributed by atoms with Crippen LogP contribution >= 0.6 is 0 Å². The second-order valence-corrected chi connectivity index (χ2v) is 6.81. The van der Waals surface area contributed by atoms with Gasteiger partial charge in [-0.2, -0.15) is 0 Å². The highest BCUT2D eigenvalue weighted by Gasteiger charge is 2.23. The van der Waals surface area contributed by atoms with E-state index in [-0.39, 0.29) is 18.8 Å². The van der Waals surface area contributed by atoms with E-state index in [0.29, 0.717) is 24.6 Å². The van der Waals surface area contributed by atoms with E-state index < -0.39 is 6.09 Å². The predicted molar refractivity (Wildman–Crippen MR) is 109 cm³/mol. The smallest absolute Gasteiger partial charge is 0.408 e. The molecule has 1 amide bonds. The number of nitrogens with one attached hydrogen (secondary N) is 2. The first kappa shape index (κ1) is 21.3. The standard InChI is InChI=1S/C20H25N7O3/c1-3-4-13-29-20(28)22-17-12-8-11-16(21-17)14-30-24-18(15-9-6-5-7-10-15)19-23-25-26-27(19)2/h1,5-7,9-10,16-17,21H,4,8,11-14H2,2H3,(H,22,28). The van der Waals surface area contributed by atoms with Crippen LogP contribution in [-0.2, 0) is 16.6 Å². The first-order valence-corrected chi connectivity index (χ1v) is 9.78. The number of piperidine rings is 1. The molecule has 1 aliphatic heterocycles. The number of alkyl carbamates (subject to hydrolysis) is 1. The summed E-state index contributed by atoms with van der Waals surface area (Å²) in [6.45, 7) is 0.543. The summed E-state index contributed by atoms with van der Waals surface area (Å²) in [6.07, 6.45) is 7.53. The lowest BCUT2D eigenvalue weighted by molar-refractivity contribution is 0.0945. The summed E-state index contributed by atoms with van der Waals surface area (Å²) in [4.78, 5) is 17.5. The maximum absolute atomic E-state index is 11.8. The lowest BCUT2D eigenvalue weighted by Gasteiger charge is -2.30. The molecule has 3 rings (SSSR count). The van der Waals surface area contributed by atoms with Crippen LogP contribution < -0.4 is 10.6 Å². The number of tetrazole rings is 1. The number of hydrogen-bond donors (Lipinski definition) is 2. The van der Waals surface area contributed by atoms with Crippen LogP contribution in [0.3, 0.4) is 0 Å². The van der Waals surface area contributed by atoms with Crippen molar-refractivity contribution in [3.63, 3.8) is 0 Å². The summed E-state index contributed by atoms with van der Waals surface area (Å²) in [5.41, 5.74) is 1.40. The fourth-order valence-corrected chi connectivity index (χ4v) is 3.09. The van der Waals surface area contributed by atoms with Crippen molar-refractivity contribution in [3.8, 4) is 12.3 Å². The highest BCUT2D eigenvalue weighted by Crippen LogP contribution is 2.13. The number of aryl methyl sites for hydroxylation is 1. The Morgan fingerprint density at radius 2 is 2.23 bits per heavy atom. The Balaban J connectivity index is 1.56. The van der Waals surface area contributed by atoms with Crippen molar-refractivity contribution in [1.82, 2.24) is 30.8 Å². The molecule has 0 spiro atoms. The topological polar surface area (TPSA) is 116 Å². The fourth-order valence-electron chi connectivity index (χ4n) is 3.09. The molecule has 0 aliphatic carbocycles. The Morgan fingerprint density at radius 3 is 2.97 bits per heavy atom. The van der Waals surface area contributed by atoms with E-state index in [4.69, 9.17) is 16.0 Å². The molecule has 158 valence electrons. The first-order valence-electron chi connectivity index (χ1n) is 9.78. The second kappa shape index (κ2) is 10.9. The molecule has 1 fully saturated rings. The molecule has 2 N–H and O–H groups in total. The van der Waals surface area contributed by atoms with E-state index in [9.17, 15) is 4.79 Å².